The van der Waals surface area contributed by atoms with E-state index in [0.717, 1.165) is 62.4 Å². The molecule has 84 heavy (non-hydrogen) atoms. The molecule has 3 amide bonds. The molecule has 0 radical (unpaired) electrons. The second-order valence-corrected chi connectivity index (χ2v) is 19.9. The maximum atomic E-state index is 12.2. The number of thiazole rings is 2. The Morgan fingerprint density at radius 2 is 1.13 bits per heavy atom. The smallest absolute Gasteiger partial charge is 0.352 e. The number of hydrogen-bond donors (Lipinski definition) is 7. The first kappa shape index (κ1) is 73.2. The number of benzene rings is 4. The van der Waals surface area contributed by atoms with Gasteiger partial charge in [-0.25, -0.2) is 24.8 Å². The highest BCUT2D eigenvalue weighted by molar-refractivity contribution is 7.80. The van der Waals surface area contributed by atoms with Crippen molar-refractivity contribution in [2.24, 2.45) is 21.7 Å². The highest BCUT2D eigenvalue weighted by Gasteiger charge is 2.23. The van der Waals surface area contributed by atoms with Gasteiger partial charge in [-0.15, -0.1) is 34.3 Å². The van der Waals surface area contributed by atoms with Gasteiger partial charge in [-0.05, 0) is 96.9 Å². The van der Waals surface area contributed by atoms with Crippen LogP contribution in [0.3, 0.4) is 0 Å². The van der Waals surface area contributed by atoms with Gasteiger partial charge in [-0.2, -0.15) is 10.2 Å². The number of aldehydes is 2. The molecule has 2 aliphatic rings. The molecular weight excluding hydrogens is 1160 g/mol. The van der Waals surface area contributed by atoms with Gasteiger partial charge in [0.05, 0.1) is 33.8 Å². The summed E-state index contributed by atoms with van der Waals surface area (Å²) in [5.74, 6) is 1.67. The molecule has 452 valence electrons. The van der Waals surface area contributed by atoms with Gasteiger partial charge >= 0.3 is 5.97 Å². The van der Waals surface area contributed by atoms with Crippen LogP contribution in [0.2, 0.25) is 0 Å². The molecule has 27 heteroatoms. The van der Waals surface area contributed by atoms with Gasteiger partial charge in [0.2, 0.25) is 11.8 Å². The number of aliphatic hydroxyl groups excluding tert-OH is 1. The molecular formula is C57H72ClN11O12S3. The van der Waals surface area contributed by atoms with Gasteiger partial charge in [0.1, 0.15) is 47.0 Å². The Morgan fingerprint density at radius 3 is 1.52 bits per heavy atom. The Morgan fingerprint density at radius 1 is 0.726 bits per heavy atom. The topological polar surface area (TPSA) is 353 Å². The minimum atomic E-state index is -1.05. The maximum absolute atomic E-state index is 12.2. The zero-order chi connectivity index (χ0) is 63.0. The van der Waals surface area contributed by atoms with Crippen LogP contribution in [0.5, 0.6) is 23.0 Å². The fraction of sp³-hybridized carbons (Fsp3) is 0.281. The van der Waals surface area contributed by atoms with Crippen LogP contribution in [0, 0.1) is 0 Å². The van der Waals surface area contributed by atoms with Crippen LogP contribution in [-0.2, 0) is 48.0 Å². The summed E-state index contributed by atoms with van der Waals surface area (Å²) in [4.78, 5) is 74.6. The van der Waals surface area contributed by atoms with Gasteiger partial charge < -0.3 is 56.9 Å². The summed E-state index contributed by atoms with van der Waals surface area (Å²) in [5, 5.41) is 29.3. The predicted molar refractivity (Wildman–Crippen MR) is 335 cm³/mol. The molecule has 0 aliphatic carbocycles. The van der Waals surface area contributed by atoms with Crippen molar-refractivity contribution in [1.29, 1.82) is 0 Å². The summed E-state index contributed by atoms with van der Waals surface area (Å²) in [5.41, 5.74) is 24.7. The number of aliphatic hydroxyl groups is 1. The standard InChI is InChI=1S/C17H18N4O3S.C11H12N2OS.C10H11ClO2.C7H9NO.C6H8N2O3.C3H4O.C2H6O.CH4N2S/c1-21-15(22)7-6-14(20-21)16(23)19-17-18-10-13(25-17)9-11-4-3-5-12(8-11)24-2;1-14-9-4-2-3-8(5-9)6-10-7-13-11(12)15-10;1-13-10-4-2-3-8(6-10)5-9(11)7-12;1-9-7-4-2-3-6(8)5-7;1-8-5(9)3-2-4(7-8)6(10)11;1-2-3-4;1-2-3;2-1(3)4/h3-5,8,10H,6-7,9H2,1-2H3,(H,18,19,23);2-5,7H,6H2,1H3,(H2,12,13);2-4,6-7,9H,5H2,1H3;2-5H,8H2,1H3;2-3H2,1H3,(H,10,11);2-3H,1H2;3H,2H2,1H3;(H4,2,3,4). The largest absolute Gasteiger partial charge is 0.497 e. The number of nitrogens with one attached hydrogen (secondary N) is 1. The van der Waals surface area contributed by atoms with Crippen LogP contribution in [0.25, 0.3) is 0 Å². The summed E-state index contributed by atoms with van der Waals surface area (Å²) in [7, 11) is 9.53. The number of carboxylic acids is 1. The lowest BCUT2D eigenvalue weighted by atomic mass is 10.1. The van der Waals surface area contributed by atoms with E-state index in [-0.39, 0.29) is 48.0 Å². The Balaban J connectivity index is 0.000000522. The van der Waals surface area contributed by atoms with Crippen LogP contribution >= 0.6 is 46.5 Å². The van der Waals surface area contributed by atoms with Crippen molar-refractivity contribution in [3.05, 3.63) is 149 Å². The second-order valence-electron chi connectivity index (χ2n) is 16.6. The number of allylic oxidation sites excluding steroid dienone is 1. The number of rotatable bonds is 15. The van der Waals surface area contributed by atoms with E-state index in [1.807, 2.05) is 91.1 Å². The molecule has 2 aromatic heterocycles. The molecule has 1 unspecified atom stereocenters. The van der Waals surface area contributed by atoms with Crippen LogP contribution in [0.15, 0.2) is 132 Å². The van der Waals surface area contributed by atoms with Crippen molar-refractivity contribution in [3.63, 3.8) is 0 Å². The number of thiocarbonyl (C=S) groups is 1. The summed E-state index contributed by atoms with van der Waals surface area (Å²) in [6.45, 7) is 5.04. The number of hydrazone groups is 2. The van der Waals surface area contributed by atoms with Gasteiger partial charge in [0, 0.05) is 93.1 Å². The van der Waals surface area contributed by atoms with E-state index in [9.17, 15) is 24.0 Å². The number of amides is 3. The zero-order valence-electron chi connectivity index (χ0n) is 47.6. The average Bonchev–Trinajstić information content (AvgIpc) is 4.29. The van der Waals surface area contributed by atoms with Crippen LogP contribution in [0.1, 0.15) is 59.1 Å². The van der Waals surface area contributed by atoms with E-state index in [1.165, 1.54) is 51.2 Å². The minimum Gasteiger partial charge on any atom is -0.497 e. The first-order valence-electron chi connectivity index (χ1n) is 25.1. The number of nitrogens with two attached hydrogens (primary N) is 4. The number of anilines is 3. The third kappa shape index (κ3) is 31.4. The molecule has 6 aromatic rings. The summed E-state index contributed by atoms with van der Waals surface area (Å²) in [6.07, 6.45) is 9.36. The molecule has 0 saturated carbocycles. The fourth-order valence-electron chi connectivity index (χ4n) is 6.36. The van der Waals surface area contributed by atoms with Crippen molar-refractivity contribution < 1.29 is 57.9 Å². The maximum Gasteiger partial charge on any atom is 0.352 e. The number of aliphatic carboxylic acids is 1. The van der Waals surface area contributed by atoms with E-state index < -0.39 is 11.3 Å². The van der Waals surface area contributed by atoms with Crippen LogP contribution < -0.4 is 47.2 Å². The quantitative estimate of drug-likeness (QED) is 0.0176. The van der Waals surface area contributed by atoms with Crippen LogP contribution in [-0.4, -0.2) is 138 Å². The summed E-state index contributed by atoms with van der Waals surface area (Å²) >= 11 is 12.7. The van der Waals surface area contributed by atoms with Gasteiger partial charge in [-0.1, -0.05) is 49.0 Å². The highest BCUT2D eigenvalue weighted by Crippen LogP contribution is 2.24. The lowest BCUT2D eigenvalue weighted by Crippen LogP contribution is -2.34. The van der Waals surface area contributed by atoms with Gasteiger partial charge in [0.15, 0.2) is 15.4 Å². The van der Waals surface area contributed by atoms with Crippen LogP contribution in [0.4, 0.5) is 16.0 Å². The number of nitrogens with zero attached hydrogens (tertiary/aromatic N) is 6. The van der Waals surface area contributed by atoms with E-state index in [0.29, 0.717) is 47.9 Å². The molecule has 11 N–H and O–H groups in total. The zero-order valence-corrected chi connectivity index (χ0v) is 50.8. The molecule has 0 saturated heterocycles. The first-order valence-corrected chi connectivity index (χ1v) is 27.5. The molecule has 0 spiro atoms. The molecule has 2 aliphatic heterocycles. The number of hydrogen-bond acceptors (Lipinski definition) is 20. The Hall–Kier alpha value is -8.82. The Labute approximate surface area is 506 Å². The van der Waals surface area contributed by atoms with E-state index in [4.69, 9.17) is 57.0 Å². The third-order valence-corrected chi connectivity index (χ3v) is 12.2. The molecule has 23 nitrogen and oxygen atoms in total. The second kappa shape index (κ2) is 42.1. The van der Waals surface area contributed by atoms with Crippen molar-refractivity contribution in [1.82, 2.24) is 20.0 Å². The Kier molecular flexibility index (Phi) is 36.7. The Bertz CT molecular complexity index is 3080. The van der Waals surface area contributed by atoms with E-state index in [1.54, 1.807) is 54.7 Å². The van der Waals surface area contributed by atoms with Crippen molar-refractivity contribution in [2.45, 2.75) is 57.2 Å². The number of methoxy groups -OCH3 is 4. The molecule has 8 rings (SSSR count). The monoisotopic (exact) mass is 1230 g/mol. The molecule has 4 aromatic carbocycles. The number of alkyl halides is 1. The SMILES string of the molecule is C=CC=O.CCO.CN1N=C(C(=O)O)CCC1=O.COc1cccc(CC(Cl)C=O)c1.COc1cccc(Cc2cnc(N)s2)c1.COc1cccc(Cc2cnc(NC(=O)C3=NN(C)C(=O)CC3)s2)c1.COc1cccc(N)c1.NC(N)=S. The van der Waals surface area contributed by atoms with Gasteiger partial charge in [0.25, 0.3) is 5.91 Å². The predicted octanol–water partition coefficient (Wildman–Crippen LogP) is 7.17. The number of carboxylic acid groups (broad SMARTS) is 1. The molecule has 4 heterocycles. The van der Waals surface area contributed by atoms with Crippen molar-refractivity contribution >= 4 is 115 Å². The minimum absolute atomic E-state index is 0.000000000000000222. The summed E-state index contributed by atoms with van der Waals surface area (Å²) in [6, 6.07) is 30.7. The number of carbonyl (C=O) groups excluding carboxylic acids is 5. The normalized spacial score (nSPS) is 12.0. The number of carbonyl (C=O) groups is 6. The molecule has 1 atom stereocenters. The lowest BCUT2D eigenvalue weighted by Gasteiger charge is -2.18. The highest BCUT2D eigenvalue weighted by atomic mass is 35.5. The van der Waals surface area contributed by atoms with Gasteiger partial charge in [-0.3, -0.25) is 24.5 Å². The first-order chi connectivity index (χ1) is 40.1. The average molecular weight is 1230 g/mol. The van der Waals surface area contributed by atoms with Crippen molar-refractivity contribution in [2.75, 3.05) is 65.9 Å². The number of aromatic nitrogens is 2. The number of nitrogen functional groups attached to an aromatic ring is 2. The van der Waals surface area contributed by atoms with E-state index >= 15 is 0 Å². The number of halogens is 1. The molecule has 0 fully saturated rings. The van der Waals surface area contributed by atoms with Crippen molar-refractivity contribution in [3.8, 4) is 23.0 Å². The lowest BCUT2D eigenvalue weighted by molar-refractivity contribution is -0.132. The molecule has 0 bridgehead atoms. The fourth-order valence-corrected chi connectivity index (χ4v) is 8.10. The summed E-state index contributed by atoms with van der Waals surface area (Å²) < 4.78 is 20.3. The third-order valence-electron chi connectivity index (χ3n) is 10.2. The van der Waals surface area contributed by atoms with E-state index in [2.05, 4.69) is 61.8 Å². The number of ether oxygens (including phenoxy) is 4.